The normalized spacial score (nSPS) is 12.9. The lowest BCUT2D eigenvalue weighted by Crippen LogP contribution is -2.52. The van der Waals surface area contributed by atoms with E-state index in [0.29, 0.717) is 12.4 Å². The van der Waals surface area contributed by atoms with E-state index < -0.39 is 65.8 Å². The minimum atomic E-state index is -1.16. The van der Waals surface area contributed by atoms with Gasteiger partial charge in [0.25, 0.3) is 0 Å². The molecule has 0 fully saturated rings. The minimum Gasteiger partial charge on any atom is -0.494 e. The monoisotopic (exact) mass is 695 g/mol. The van der Waals surface area contributed by atoms with Gasteiger partial charge in [0.2, 0.25) is 0 Å². The first-order valence-corrected chi connectivity index (χ1v) is 16.4. The van der Waals surface area contributed by atoms with Crippen LogP contribution in [0.1, 0.15) is 74.8 Å². The number of hydrogen-bond acceptors (Lipinski definition) is 12. The van der Waals surface area contributed by atoms with Gasteiger partial charge in [0.15, 0.2) is 0 Å². The molecular formula is C35H57N3O11. The first-order chi connectivity index (χ1) is 22.4. The molecule has 0 saturated carbocycles. The highest BCUT2D eigenvalue weighted by Gasteiger charge is 2.30. The van der Waals surface area contributed by atoms with Gasteiger partial charge in [-0.3, -0.25) is 38.7 Å². The number of carbonyl (C=O) groups excluding carboxylic acids is 3. The Labute approximate surface area is 290 Å². The second-order valence-electron chi connectivity index (χ2n) is 14.8. The lowest BCUT2D eigenvalue weighted by atomic mass is 10.0. The molecule has 0 heterocycles. The van der Waals surface area contributed by atoms with Crippen molar-refractivity contribution in [1.29, 1.82) is 0 Å². The second-order valence-corrected chi connectivity index (χ2v) is 14.8. The van der Waals surface area contributed by atoms with E-state index in [4.69, 9.17) is 18.9 Å². The molecule has 1 rings (SSSR count). The number of carboxylic acid groups (broad SMARTS) is 2. The summed E-state index contributed by atoms with van der Waals surface area (Å²) >= 11 is 0. The van der Waals surface area contributed by atoms with Gasteiger partial charge in [-0.25, -0.2) is 0 Å². The summed E-state index contributed by atoms with van der Waals surface area (Å²) in [6.07, 6.45) is 0.282. The molecule has 278 valence electrons. The van der Waals surface area contributed by atoms with Gasteiger partial charge >= 0.3 is 29.8 Å². The molecule has 0 aliphatic heterocycles. The molecular weight excluding hydrogens is 638 g/mol. The second kappa shape index (κ2) is 19.4. The van der Waals surface area contributed by atoms with Crippen LogP contribution in [0.25, 0.3) is 0 Å². The van der Waals surface area contributed by atoms with Crippen LogP contribution >= 0.6 is 0 Å². The van der Waals surface area contributed by atoms with Gasteiger partial charge < -0.3 is 29.2 Å². The van der Waals surface area contributed by atoms with Gasteiger partial charge in [0.05, 0.1) is 39.3 Å². The highest BCUT2D eigenvalue weighted by atomic mass is 16.6. The van der Waals surface area contributed by atoms with Gasteiger partial charge in [-0.05, 0) is 93.4 Å². The van der Waals surface area contributed by atoms with E-state index in [1.165, 1.54) is 9.80 Å². The highest BCUT2D eigenvalue weighted by Crippen LogP contribution is 2.18. The third-order valence-electron chi connectivity index (χ3n) is 6.42. The number of nitrogens with zero attached hydrogens (tertiary/aromatic N) is 3. The van der Waals surface area contributed by atoms with Gasteiger partial charge in [-0.15, -0.1) is 0 Å². The maximum absolute atomic E-state index is 13.1. The SMILES string of the molecule is CCOc1ccc(CC(CN(CCN(CC(=O)O)CC(=O)OC(C)(C)C)CC(=O)OC(C)(C)C)N(CC(=O)O)CC(=O)OC(C)(C)C)cc1. The number of esters is 3. The van der Waals surface area contributed by atoms with Gasteiger partial charge in [0.1, 0.15) is 22.6 Å². The quantitative estimate of drug-likeness (QED) is 0.151. The van der Waals surface area contributed by atoms with Crippen molar-refractivity contribution < 1.29 is 53.1 Å². The average molecular weight is 696 g/mol. The predicted molar refractivity (Wildman–Crippen MR) is 182 cm³/mol. The summed E-state index contributed by atoms with van der Waals surface area (Å²) in [5.74, 6) is -3.43. The Morgan fingerprint density at radius 2 is 1.06 bits per heavy atom. The number of carbonyl (C=O) groups is 5. The summed E-state index contributed by atoms with van der Waals surface area (Å²) < 4.78 is 22.1. The van der Waals surface area contributed by atoms with E-state index in [1.54, 1.807) is 79.3 Å². The molecule has 1 aromatic rings. The van der Waals surface area contributed by atoms with Crippen LogP contribution in [0.4, 0.5) is 0 Å². The molecule has 0 aliphatic carbocycles. The summed E-state index contributed by atoms with van der Waals surface area (Å²) in [6, 6.07) is 6.65. The maximum atomic E-state index is 13.1. The molecule has 0 saturated heterocycles. The smallest absolute Gasteiger partial charge is 0.320 e. The molecule has 0 amide bonds. The van der Waals surface area contributed by atoms with Crippen LogP contribution < -0.4 is 4.74 Å². The van der Waals surface area contributed by atoms with Crippen molar-refractivity contribution in [1.82, 2.24) is 14.7 Å². The zero-order chi connectivity index (χ0) is 37.6. The molecule has 1 aromatic carbocycles. The van der Waals surface area contributed by atoms with Crippen LogP contribution in [-0.4, -0.2) is 137 Å². The Bertz CT molecular complexity index is 1230. The number of rotatable bonds is 20. The molecule has 0 spiro atoms. The first-order valence-electron chi connectivity index (χ1n) is 16.4. The van der Waals surface area contributed by atoms with Crippen molar-refractivity contribution in [2.45, 2.75) is 98.5 Å². The van der Waals surface area contributed by atoms with Crippen LogP contribution in [0.2, 0.25) is 0 Å². The Hall–Kier alpha value is -3.75. The molecule has 1 unspecified atom stereocenters. The van der Waals surface area contributed by atoms with Gasteiger partial charge in [-0.1, -0.05) is 12.1 Å². The predicted octanol–water partition coefficient (Wildman–Crippen LogP) is 3.10. The van der Waals surface area contributed by atoms with E-state index in [0.717, 1.165) is 5.56 Å². The van der Waals surface area contributed by atoms with E-state index in [2.05, 4.69) is 0 Å². The Kier molecular flexibility index (Phi) is 17.2. The number of carboxylic acids is 2. The fourth-order valence-corrected chi connectivity index (χ4v) is 4.83. The summed E-state index contributed by atoms with van der Waals surface area (Å²) in [6.45, 7) is 16.2. The molecule has 14 nitrogen and oxygen atoms in total. The first kappa shape index (κ1) is 43.3. The molecule has 0 aliphatic rings. The number of aliphatic carboxylic acids is 2. The Morgan fingerprint density at radius 1 is 0.633 bits per heavy atom. The van der Waals surface area contributed by atoms with E-state index in [-0.39, 0.29) is 45.7 Å². The van der Waals surface area contributed by atoms with Gasteiger partial charge in [-0.2, -0.15) is 0 Å². The van der Waals surface area contributed by atoms with Crippen molar-refractivity contribution in [2.75, 3.05) is 59.0 Å². The van der Waals surface area contributed by atoms with Crippen LogP contribution in [-0.2, 0) is 44.6 Å². The summed E-state index contributed by atoms with van der Waals surface area (Å²) in [5.41, 5.74) is -1.54. The van der Waals surface area contributed by atoms with Crippen molar-refractivity contribution in [3.8, 4) is 5.75 Å². The van der Waals surface area contributed by atoms with E-state index in [1.807, 2.05) is 19.1 Å². The molecule has 2 N–H and O–H groups in total. The Morgan fingerprint density at radius 3 is 1.49 bits per heavy atom. The third kappa shape index (κ3) is 21.1. The maximum Gasteiger partial charge on any atom is 0.320 e. The number of hydrogen-bond donors (Lipinski definition) is 2. The number of ether oxygens (including phenoxy) is 4. The minimum absolute atomic E-state index is 0.0507. The van der Waals surface area contributed by atoms with Crippen molar-refractivity contribution in [3.05, 3.63) is 29.8 Å². The van der Waals surface area contributed by atoms with Crippen molar-refractivity contribution in [2.24, 2.45) is 0 Å². The molecule has 0 bridgehead atoms. The largest absolute Gasteiger partial charge is 0.494 e. The topological polar surface area (TPSA) is 172 Å². The highest BCUT2D eigenvalue weighted by molar-refractivity contribution is 5.75. The van der Waals surface area contributed by atoms with Gasteiger partial charge in [0, 0.05) is 25.7 Å². The van der Waals surface area contributed by atoms with E-state index >= 15 is 0 Å². The molecule has 0 radical (unpaired) electrons. The molecule has 1 atom stereocenters. The lowest BCUT2D eigenvalue weighted by Gasteiger charge is -2.35. The molecule has 49 heavy (non-hydrogen) atoms. The third-order valence-corrected chi connectivity index (χ3v) is 6.42. The average Bonchev–Trinajstić information content (AvgIpc) is 2.88. The fourth-order valence-electron chi connectivity index (χ4n) is 4.83. The van der Waals surface area contributed by atoms with Crippen LogP contribution in [0.15, 0.2) is 24.3 Å². The zero-order valence-electron chi connectivity index (χ0n) is 30.9. The fraction of sp³-hybridized carbons (Fsp3) is 0.686. The molecule has 14 heteroatoms. The Balaban J connectivity index is 3.52. The van der Waals surface area contributed by atoms with Crippen LogP contribution in [0.3, 0.4) is 0 Å². The van der Waals surface area contributed by atoms with Crippen LogP contribution in [0, 0.1) is 0 Å². The summed E-state index contributed by atoms with van der Waals surface area (Å²) in [4.78, 5) is 67.1. The van der Waals surface area contributed by atoms with Crippen LogP contribution in [0.5, 0.6) is 5.75 Å². The van der Waals surface area contributed by atoms with E-state index in [9.17, 15) is 34.2 Å². The number of benzene rings is 1. The van der Waals surface area contributed by atoms with Crippen molar-refractivity contribution in [3.63, 3.8) is 0 Å². The summed E-state index contributed by atoms with van der Waals surface area (Å²) in [7, 11) is 0. The lowest BCUT2D eigenvalue weighted by molar-refractivity contribution is -0.159. The van der Waals surface area contributed by atoms with Crippen molar-refractivity contribution >= 4 is 29.8 Å². The molecule has 0 aromatic heterocycles. The summed E-state index contributed by atoms with van der Waals surface area (Å²) in [5, 5.41) is 19.4. The zero-order valence-corrected chi connectivity index (χ0v) is 30.9. The standard InChI is InChI=1S/C35H57N3O11/c1-11-46-27-14-12-25(13-15-27)18-26(38(21-29(41)42)24-32(45)49-35(8,9)10)19-36(22-30(43)47-33(2,3)4)16-17-37(20-28(39)40)23-31(44)48-34(5,6)7/h12-15,26H,11,16-24H2,1-10H3,(H,39,40)(H,41,42).